The highest BCUT2D eigenvalue weighted by Crippen LogP contribution is 2.44. The molecule has 5 rings (SSSR count). The van der Waals surface area contributed by atoms with Gasteiger partial charge in [0.25, 0.3) is 0 Å². The summed E-state index contributed by atoms with van der Waals surface area (Å²) in [6.07, 6.45) is 4.56. The number of hydrogen-bond acceptors (Lipinski definition) is 8. The predicted octanol–water partition coefficient (Wildman–Crippen LogP) is 5.92. The van der Waals surface area contributed by atoms with Crippen LogP contribution in [0.4, 0.5) is 16.3 Å². The highest BCUT2D eigenvalue weighted by Gasteiger charge is 2.35. The fraction of sp³-hybridized carbons (Fsp3) is 0.516. The van der Waals surface area contributed by atoms with E-state index in [4.69, 9.17) is 9.72 Å². The molecule has 1 saturated carbocycles. The summed E-state index contributed by atoms with van der Waals surface area (Å²) in [6.45, 7) is 8.77. The van der Waals surface area contributed by atoms with E-state index in [1.54, 1.807) is 43.1 Å². The second-order valence-corrected chi connectivity index (χ2v) is 13.9. The topological polar surface area (TPSA) is 117 Å². The maximum absolute atomic E-state index is 13.6. The lowest BCUT2D eigenvalue weighted by Crippen LogP contribution is -2.46. The molecule has 1 saturated heterocycles. The number of piperidine rings is 1. The Kier molecular flexibility index (Phi) is 8.52. The maximum atomic E-state index is 13.6. The van der Waals surface area contributed by atoms with Crippen molar-refractivity contribution in [1.82, 2.24) is 19.8 Å². The third-order valence-corrected chi connectivity index (χ3v) is 8.40. The van der Waals surface area contributed by atoms with E-state index in [9.17, 15) is 14.4 Å². The van der Waals surface area contributed by atoms with Gasteiger partial charge in [0.1, 0.15) is 16.4 Å². The zero-order valence-corrected chi connectivity index (χ0v) is 26.0. The molecule has 2 aromatic heterocycles. The van der Waals surface area contributed by atoms with Gasteiger partial charge in [0.2, 0.25) is 0 Å². The normalized spacial score (nSPS) is 19.2. The van der Waals surface area contributed by atoms with Crippen molar-refractivity contribution in [2.24, 2.45) is 5.92 Å². The van der Waals surface area contributed by atoms with E-state index in [-0.39, 0.29) is 17.9 Å². The molecular weight excluding hydrogens is 552 g/mol. The van der Waals surface area contributed by atoms with Crippen molar-refractivity contribution >= 4 is 51.0 Å². The fourth-order valence-corrected chi connectivity index (χ4v) is 6.40. The number of aromatic nitrogens is 2. The molecule has 3 amide bonds. The van der Waals surface area contributed by atoms with Crippen LogP contribution in [-0.4, -0.2) is 63.9 Å². The Hall–Kier alpha value is -3.57. The number of carbonyl (C=O) groups excluding carboxylic acids is 3. The minimum atomic E-state index is -0.700. The highest BCUT2D eigenvalue weighted by molar-refractivity contribution is 7.18. The highest BCUT2D eigenvalue weighted by atomic mass is 32.1. The molecule has 0 unspecified atom stereocenters. The van der Waals surface area contributed by atoms with Crippen LogP contribution in [-0.2, 0) is 20.9 Å². The number of nitrogens with one attached hydrogen (secondary N) is 2. The summed E-state index contributed by atoms with van der Waals surface area (Å²) in [4.78, 5) is 52.2. The number of nitrogens with zero attached hydrogens (tertiary/aromatic N) is 4. The van der Waals surface area contributed by atoms with Gasteiger partial charge in [0, 0.05) is 18.7 Å². The molecule has 11 heteroatoms. The van der Waals surface area contributed by atoms with Crippen LogP contribution in [0.5, 0.6) is 0 Å². The lowest BCUT2D eigenvalue weighted by atomic mass is 9.89. The zero-order chi connectivity index (χ0) is 30.2. The van der Waals surface area contributed by atoms with E-state index in [0.29, 0.717) is 18.1 Å². The second-order valence-electron chi connectivity index (χ2n) is 12.7. The predicted molar refractivity (Wildman–Crippen MR) is 165 cm³/mol. The summed E-state index contributed by atoms with van der Waals surface area (Å²) in [5, 5.41) is 6.54. The van der Waals surface area contributed by atoms with E-state index < -0.39 is 23.5 Å². The van der Waals surface area contributed by atoms with Crippen molar-refractivity contribution in [3.8, 4) is 0 Å². The lowest BCUT2D eigenvalue weighted by Gasteiger charge is -2.38. The number of benzene rings is 1. The third-order valence-electron chi connectivity index (χ3n) is 7.38. The molecule has 3 aromatic rings. The van der Waals surface area contributed by atoms with Crippen LogP contribution in [0.25, 0.3) is 10.2 Å². The Morgan fingerprint density at radius 2 is 1.86 bits per heavy atom. The van der Waals surface area contributed by atoms with Crippen molar-refractivity contribution in [2.75, 3.05) is 31.3 Å². The summed E-state index contributed by atoms with van der Waals surface area (Å²) in [7, 11) is 4.04. The summed E-state index contributed by atoms with van der Waals surface area (Å²) in [5.74, 6) is -0.335. The molecule has 1 aromatic carbocycles. The Morgan fingerprint density at radius 3 is 2.55 bits per heavy atom. The molecule has 1 aliphatic carbocycles. The van der Waals surface area contributed by atoms with Gasteiger partial charge in [-0.25, -0.2) is 14.8 Å². The molecule has 2 N–H and O–H groups in total. The molecule has 42 heavy (non-hydrogen) atoms. The van der Waals surface area contributed by atoms with Crippen molar-refractivity contribution < 1.29 is 19.1 Å². The largest absolute Gasteiger partial charge is 0.444 e. The number of fused-ring (bicyclic) bond motifs is 1. The first kappa shape index (κ1) is 29.9. The molecule has 0 bridgehead atoms. The molecule has 10 nitrogen and oxygen atoms in total. The van der Waals surface area contributed by atoms with Crippen molar-refractivity contribution in [3.05, 3.63) is 46.6 Å². The maximum Gasteiger partial charge on any atom is 0.413 e. The van der Waals surface area contributed by atoms with Gasteiger partial charge in [0.05, 0.1) is 28.1 Å². The Bertz CT molecular complexity index is 1490. The van der Waals surface area contributed by atoms with E-state index in [2.05, 4.69) is 45.6 Å². The van der Waals surface area contributed by atoms with Gasteiger partial charge in [-0.05, 0) is 96.1 Å². The van der Waals surface area contributed by atoms with Gasteiger partial charge >= 0.3 is 17.9 Å². The van der Waals surface area contributed by atoms with Crippen molar-refractivity contribution in [3.63, 3.8) is 0 Å². The lowest BCUT2D eigenvalue weighted by molar-refractivity contribution is -0.146. The second kappa shape index (κ2) is 12.0. The number of amides is 3. The number of anilines is 2. The van der Waals surface area contributed by atoms with Crippen LogP contribution in [0, 0.1) is 5.92 Å². The third kappa shape index (κ3) is 7.25. The van der Waals surface area contributed by atoms with Crippen LogP contribution in [0.15, 0.2) is 30.5 Å². The molecular formula is C31H40N6O4S. The molecule has 0 radical (unpaired) electrons. The van der Waals surface area contributed by atoms with Crippen molar-refractivity contribution in [2.45, 2.75) is 77.5 Å². The smallest absolute Gasteiger partial charge is 0.413 e. The minimum Gasteiger partial charge on any atom is -0.444 e. The van der Waals surface area contributed by atoms with Gasteiger partial charge in [0.15, 0.2) is 0 Å². The van der Waals surface area contributed by atoms with Crippen molar-refractivity contribution in [1.29, 1.82) is 0 Å². The van der Waals surface area contributed by atoms with E-state index in [1.807, 2.05) is 14.1 Å². The van der Waals surface area contributed by atoms with Gasteiger partial charge < -0.3 is 19.9 Å². The molecule has 0 spiro atoms. The van der Waals surface area contributed by atoms with Crippen LogP contribution < -0.4 is 10.6 Å². The average Bonchev–Trinajstić information content (AvgIpc) is 3.67. The summed E-state index contributed by atoms with van der Waals surface area (Å²) >= 11 is 1.67. The standard InChI is InChI=1S/C31H40N6O4S/c1-18-7-11-24(20-10-12-25-23(13-20)34-26(42-25)17-36(5)6)37(16-18)29(39)28(38)33-21-14-22(19-8-9-19)27(32-15-21)35-30(40)41-31(2,3)4/h10,12-15,18-19,24H,7-9,11,16-17H2,1-6H3,(H,33,38)(H,32,35,40)/t18-,24+/m0/s1. The molecule has 2 aliphatic rings. The minimum absolute atomic E-state index is 0.205. The van der Waals surface area contributed by atoms with E-state index >= 15 is 0 Å². The van der Waals surface area contributed by atoms with Crippen LogP contribution >= 0.6 is 11.3 Å². The first-order valence-corrected chi connectivity index (χ1v) is 15.3. The summed E-state index contributed by atoms with van der Waals surface area (Å²) in [6, 6.07) is 7.77. The number of hydrogen-bond donors (Lipinski definition) is 2. The van der Waals surface area contributed by atoms with Gasteiger partial charge in [-0.1, -0.05) is 13.0 Å². The SMILES string of the molecule is C[C@H]1CC[C@H](c2ccc3sc(CN(C)C)nc3c2)N(C(=O)C(=O)Nc2cnc(NC(=O)OC(C)(C)C)c(C3CC3)c2)C1. The molecule has 2 fully saturated rings. The number of likely N-dealkylation sites (tertiary alicyclic amines) is 1. The average molecular weight is 593 g/mol. The fourth-order valence-electron chi connectivity index (χ4n) is 5.34. The van der Waals surface area contributed by atoms with Gasteiger partial charge in [-0.3, -0.25) is 14.9 Å². The first-order chi connectivity index (χ1) is 19.9. The van der Waals surface area contributed by atoms with Crippen LogP contribution in [0.2, 0.25) is 0 Å². The Labute approximate surface area is 250 Å². The Morgan fingerprint density at radius 1 is 1.10 bits per heavy atom. The van der Waals surface area contributed by atoms with Gasteiger partial charge in [-0.15, -0.1) is 11.3 Å². The summed E-state index contributed by atoms with van der Waals surface area (Å²) in [5.41, 5.74) is 2.52. The van der Waals surface area contributed by atoms with Crippen LogP contribution in [0.1, 0.15) is 81.5 Å². The molecule has 3 heterocycles. The van der Waals surface area contributed by atoms with E-state index in [1.165, 1.54) is 6.20 Å². The Balaban J connectivity index is 1.32. The van der Waals surface area contributed by atoms with E-state index in [0.717, 1.165) is 58.6 Å². The monoisotopic (exact) mass is 592 g/mol. The number of ether oxygens (including phenoxy) is 1. The molecule has 2 atom stereocenters. The first-order valence-electron chi connectivity index (χ1n) is 14.5. The number of rotatable bonds is 6. The zero-order valence-electron chi connectivity index (χ0n) is 25.2. The molecule has 1 aliphatic heterocycles. The quantitative estimate of drug-likeness (QED) is 0.342. The summed E-state index contributed by atoms with van der Waals surface area (Å²) < 4.78 is 6.48. The van der Waals surface area contributed by atoms with Crippen LogP contribution in [0.3, 0.4) is 0 Å². The number of pyridine rings is 1. The molecule has 224 valence electrons. The number of thiazole rings is 1. The van der Waals surface area contributed by atoms with Gasteiger partial charge in [-0.2, -0.15) is 0 Å². The number of carbonyl (C=O) groups is 3.